The van der Waals surface area contributed by atoms with Gasteiger partial charge in [0, 0.05) is 17.9 Å². The van der Waals surface area contributed by atoms with Gasteiger partial charge in [-0.25, -0.2) is 4.98 Å². The molecule has 0 aliphatic rings. The van der Waals surface area contributed by atoms with Crippen molar-refractivity contribution in [3.63, 3.8) is 0 Å². The zero-order chi connectivity index (χ0) is 24.8. The summed E-state index contributed by atoms with van der Waals surface area (Å²) < 4.78 is 10.7. The fourth-order valence-corrected chi connectivity index (χ4v) is 3.52. The number of hydrogen-bond donors (Lipinski definition) is 3. The molecular formula is C25H28N4O5. The number of carbonyl (C=O) groups is 3. The molecule has 9 heteroatoms. The second-order valence-electron chi connectivity index (χ2n) is 8.01. The molecule has 1 atom stereocenters. The van der Waals surface area contributed by atoms with Crippen LogP contribution in [0, 0.1) is 5.92 Å². The molecule has 0 bridgehead atoms. The average Bonchev–Trinajstić information content (AvgIpc) is 2.84. The SMILES string of the molecule is COc1ccc(-c2cc(C(=O)NNC(=O)[C@H](NC(C)=O)C(C)C)c3ccccc3n2)cc1OC. The maximum Gasteiger partial charge on any atom is 0.270 e. The first-order valence-corrected chi connectivity index (χ1v) is 10.7. The van der Waals surface area contributed by atoms with E-state index < -0.39 is 17.9 Å². The molecule has 3 rings (SSSR count). The first-order valence-electron chi connectivity index (χ1n) is 10.7. The van der Waals surface area contributed by atoms with Gasteiger partial charge in [-0.1, -0.05) is 32.0 Å². The summed E-state index contributed by atoms with van der Waals surface area (Å²) in [5.41, 5.74) is 7.10. The summed E-state index contributed by atoms with van der Waals surface area (Å²) in [5.74, 6) is -0.423. The number of nitrogens with zero attached hydrogens (tertiary/aromatic N) is 1. The van der Waals surface area contributed by atoms with Crippen molar-refractivity contribution in [2.75, 3.05) is 14.2 Å². The number of ether oxygens (including phenoxy) is 2. The van der Waals surface area contributed by atoms with Crippen LogP contribution < -0.4 is 25.6 Å². The molecule has 1 heterocycles. The Morgan fingerprint density at radius 2 is 1.62 bits per heavy atom. The van der Waals surface area contributed by atoms with E-state index in [-0.39, 0.29) is 11.8 Å². The Morgan fingerprint density at radius 3 is 2.26 bits per heavy atom. The highest BCUT2D eigenvalue weighted by atomic mass is 16.5. The summed E-state index contributed by atoms with van der Waals surface area (Å²) in [6.45, 7) is 4.93. The van der Waals surface area contributed by atoms with Crippen LogP contribution in [0.1, 0.15) is 31.1 Å². The third kappa shape index (κ3) is 5.43. The highest BCUT2D eigenvalue weighted by Gasteiger charge is 2.24. The Morgan fingerprint density at radius 1 is 0.912 bits per heavy atom. The molecule has 0 saturated carbocycles. The lowest BCUT2D eigenvalue weighted by Crippen LogP contribution is -2.54. The Kier molecular flexibility index (Phi) is 7.68. The Bertz CT molecular complexity index is 1230. The van der Waals surface area contributed by atoms with Gasteiger partial charge in [-0.15, -0.1) is 0 Å². The smallest absolute Gasteiger partial charge is 0.270 e. The number of methoxy groups -OCH3 is 2. The van der Waals surface area contributed by atoms with Crippen molar-refractivity contribution >= 4 is 28.6 Å². The third-order valence-electron chi connectivity index (χ3n) is 5.25. The van der Waals surface area contributed by atoms with Crippen LogP contribution >= 0.6 is 0 Å². The molecule has 0 radical (unpaired) electrons. The van der Waals surface area contributed by atoms with Gasteiger partial charge >= 0.3 is 0 Å². The number of aromatic nitrogens is 1. The third-order valence-corrected chi connectivity index (χ3v) is 5.25. The van der Waals surface area contributed by atoms with Crippen LogP contribution in [-0.2, 0) is 9.59 Å². The van der Waals surface area contributed by atoms with Crippen LogP contribution in [0.2, 0.25) is 0 Å². The van der Waals surface area contributed by atoms with E-state index in [1.54, 1.807) is 64.5 Å². The molecule has 178 valence electrons. The predicted molar refractivity (Wildman–Crippen MR) is 128 cm³/mol. The van der Waals surface area contributed by atoms with Crippen molar-refractivity contribution in [3.05, 3.63) is 54.1 Å². The van der Waals surface area contributed by atoms with Crippen LogP contribution in [0.25, 0.3) is 22.2 Å². The number of hydrogen-bond acceptors (Lipinski definition) is 6. The second-order valence-corrected chi connectivity index (χ2v) is 8.01. The highest BCUT2D eigenvalue weighted by Crippen LogP contribution is 2.33. The van der Waals surface area contributed by atoms with Crippen molar-refractivity contribution in [1.29, 1.82) is 0 Å². The van der Waals surface area contributed by atoms with Crippen molar-refractivity contribution in [2.24, 2.45) is 5.92 Å². The summed E-state index contributed by atoms with van der Waals surface area (Å²) >= 11 is 0. The molecular weight excluding hydrogens is 436 g/mol. The maximum atomic E-state index is 13.1. The molecule has 0 saturated heterocycles. The van der Waals surface area contributed by atoms with Crippen molar-refractivity contribution in [1.82, 2.24) is 21.2 Å². The quantitative estimate of drug-likeness (QED) is 0.463. The minimum Gasteiger partial charge on any atom is -0.493 e. The molecule has 9 nitrogen and oxygen atoms in total. The zero-order valence-electron chi connectivity index (χ0n) is 19.8. The molecule has 2 aromatic carbocycles. The normalized spacial score (nSPS) is 11.6. The first kappa shape index (κ1) is 24.5. The van der Waals surface area contributed by atoms with Gasteiger partial charge in [-0.2, -0.15) is 0 Å². The molecule has 3 N–H and O–H groups in total. The molecule has 34 heavy (non-hydrogen) atoms. The molecule has 0 fully saturated rings. The van der Waals surface area contributed by atoms with E-state index in [1.807, 2.05) is 12.1 Å². The highest BCUT2D eigenvalue weighted by molar-refractivity contribution is 6.07. The molecule has 0 aliphatic carbocycles. The van der Waals surface area contributed by atoms with E-state index in [0.29, 0.717) is 33.7 Å². The molecule has 3 aromatic rings. The number of fused-ring (bicyclic) bond motifs is 1. The Hall–Kier alpha value is -4.14. The lowest BCUT2D eigenvalue weighted by atomic mass is 10.0. The second kappa shape index (κ2) is 10.7. The number of rotatable bonds is 7. The Balaban J connectivity index is 1.93. The number of hydrazine groups is 1. The van der Waals surface area contributed by atoms with Crippen LogP contribution in [0.3, 0.4) is 0 Å². The van der Waals surface area contributed by atoms with E-state index in [9.17, 15) is 14.4 Å². The van der Waals surface area contributed by atoms with E-state index >= 15 is 0 Å². The minimum absolute atomic E-state index is 0.167. The van der Waals surface area contributed by atoms with Gasteiger partial charge in [0.2, 0.25) is 5.91 Å². The lowest BCUT2D eigenvalue weighted by Gasteiger charge is -2.21. The van der Waals surface area contributed by atoms with Gasteiger partial charge in [0.25, 0.3) is 11.8 Å². The summed E-state index contributed by atoms with van der Waals surface area (Å²) in [6.07, 6.45) is 0. The van der Waals surface area contributed by atoms with Crippen molar-refractivity contribution < 1.29 is 23.9 Å². The fourth-order valence-electron chi connectivity index (χ4n) is 3.52. The van der Waals surface area contributed by atoms with Gasteiger partial charge in [-0.3, -0.25) is 25.2 Å². The average molecular weight is 465 g/mol. The summed E-state index contributed by atoms with van der Waals surface area (Å²) in [6, 6.07) is 13.5. The van der Waals surface area contributed by atoms with Crippen LogP contribution in [-0.4, -0.2) is 43.0 Å². The van der Waals surface area contributed by atoms with E-state index in [2.05, 4.69) is 21.2 Å². The largest absolute Gasteiger partial charge is 0.493 e. The van der Waals surface area contributed by atoms with Gasteiger partial charge in [-0.05, 0) is 36.2 Å². The van der Waals surface area contributed by atoms with Crippen LogP contribution in [0.15, 0.2) is 48.5 Å². The topological polar surface area (TPSA) is 119 Å². The van der Waals surface area contributed by atoms with Gasteiger partial charge in [0.15, 0.2) is 11.5 Å². The molecule has 0 spiro atoms. The standard InChI is InChI=1S/C25H28N4O5/c1-14(2)23(26-15(3)30)25(32)29-28-24(31)18-13-20(27-19-9-7-6-8-17(18)19)16-10-11-21(33-4)22(12-16)34-5/h6-14,23H,1-5H3,(H,26,30)(H,28,31)(H,29,32)/t23-/m1/s1. The monoisotopic (exact) mass is 464 g/mol. The summed E-state index contributed by atoms with van der Waals surface area (Å²) in [5, 5.41) is 3.21. The number of benzene rings is 2. The number of carbonyl (C=O) groups excluding carboxylic acids is 3. The minimum atomic E-state index is -0.783. The van der Waals surface area contributed by atoms with Crippen molar-refractivity contribution in [2.45, 2.75) is 26.8 Å². The van der Waals surface area contributed by atoms with Gasteiger partial charge in [0.05, 0.1) is 31.0 Å². The maximum absolute atomic E-state index is 13.1. The molecule has 0 unspecified atom stereocenters. The number of amides is 3. The molecule has 0 aliphatic heterocycles. The van der Waals surface area contributed by atoms with E-state index in [0.717, 1.165) is 5.56 Å². The van der Waals surface area contributed by atoms with Gasteiger partial charge in [0.1, 0.15) is 6.04 Å². The van der Waals surface area contributed by atoms with Crippen LogP contribution in [0.5, 0.6) is 11.5 Å². The van der Waals surface area contributed by atoms with Crippen molar-refractivity contribution in [3.8, 4) is 22.8 Å². The zero-order valence-corrected chi connectivity index (χ0v) is 19.8. The number of para-hydroxylation sites is 1. The summed E-state index contributed by atoms with van der Waals surface area (Å²) in [7, 11) is 3.10. The number of nitrogens with one attached hydrogen (secondary N) is 3. The predicted octanol–water partition coefficient (Wildman–Crippen LogP) is 2.84. The van der Waals surface area contributed by atoms with E-state index in [1.165, 1.54) is 6.92 Å². The molecule has 3 amide bonds. The van der Waals surface area contributed by atoms with E-state index in [4.69, 9.17) is 9.47 Å². The summed E-state index contributed by atoms with van der Waals surface area (Å²) in [4.78, 5) is 41.8. The fraction of sp³-hybridized carbons (Fsp3) is 0.280. The Labute approximate surface area is 197 Å². The first-order chi connectivity index (χ1) is 16.2. The molecule has 1 aromatic heterocycles. The lowest BCUT2D eigenvalue weighted by molar-refractivity contribution is -0.129. The van der Waals surface area contributed by atoms with Crippen LogP contribution in [0.4, 0.5) is 0 Å². The number of pyridine rings is 1. The van der Waals surface area contributed by atoms with Gasteiger partial charge < -0.3 is 14.8 Å².